The molecule has 0 aliphatic heterocycles. The lowest BCUT2D eigenvalue weighted by molar-refractivity contribution is 0.597. The molecule has 3 rings (SSSR count). The summed E-state index contributed by atoms with van der Waals surface area (Å²) in [5.41, 5.74) is 5.68. The summed E-state index contributed by atoms with van der Waals surface area (Å²) in [7, 11) is 4.06. The molecule has 2 heterocycles. The predicted molar refractivity (Wildman–Crippen MR) is 111 cm³/mol. The van der Waals surface area contributed by atoms with E-state index in [1.54, 1.807) is 0 Å². The number of rotatable bonds is 5. The Kier molecular flexibility index (Phi) is 4.94. The second kappa shape index (κ2) is 7.02. The Labute approximate surface area is 155 Å². The summed E-state index contributed by atoms with van der Waals surface area (Å²) < 4.78 is 4.18. The summed E-state index contributed by atoms with van der Waals surface area (Å²) in [5, 5.41) is 0.825. The Morgan fingerprint density at radius 2 is 1.73 bits per heavy atom. The van der Waals surface area contributed by atoms with Crippen molar-refractivity contribution in [1.82, 2.24) is 9.13 Å². The Morgan fingerprint density at radius 3 is 2.27 bits per heavy atom. The number of anilines is 1. The topological polar surface area (TPSA) is 30.2 Å². The van der Waals surface area contributed by atoms with Gasteiger partial charge in [-0.15, -0.1) is 0 Å². The standard InChI is InChI=1S/C22H29N3O/c1-7-18-13-20-21(25(18)15(2)3)12-16(4)24(22(20)26)14-17-8-10-19(11-9-17)23(5)6/h8-13,15H,7,14H2,1-6H3. The lowest BCUT2D eigenvalue weighted by Gasteiger charge is -2.16. The average Bonchev–Trinajstić information content (AvgIpc) is 2.97. The first-order valence-corrected chi connectivity index (χ1v) is 9.34. The molecule has 0 radical (unpaired) electrons. The summed E-state index contributed by atoms with van der Waals surface area (Å²) >= 11 is 0. The highest BCUT2D eigenvalue weighted by Crippen LogP contribution is 2.24. The zero-order valence-electron chi connectivity index (χ0n) is 16.7. The molecule has 2 aromatic heterocycles. The first kappa shape index (κ1) is 18.3. The summed E-state index contributed by atoms with van der Waals surface area (Å²) in [6.07, 6.45) is 0.928. The highest BCUT2D eigenvalue weighted by atomic mass is 16.1. The van der Waals surface area contributed by atoms with Gasteiger partial charge in [0.25, 0.3) is 5.56 Å². The fraction of sp³-hybridized carbons (Fsp3) is 0.409. The van der Waals surface area contributed by atoms with E-state index < -0.39 is 0 Å². The zero-order valence-corrected chi connectivity index (χ0v) is 16.7. The van der Waals surface area contributed by atoms with E-state index in [2.05, 4.69) is 66.6 Å². The Morgan fingerprint density at radius 1 is 1.08 bits per heavy atom. The summed E-state index contributed by atoms with van der Waals surface area (Å²) in [6, 6.07) is 13.0. The lowest BCUT2D eigenvalue weighted by atomic mass is 10.1. The van der Waals surface area contributed by atoms with Gasteiger partial charge in [-0.25, -0.2) is 0 Å². The average molecular weight is 351 g/mol. The minimum absolute atomic E-state index is 0.103. The van der Waals surface area contributed by atoms with Crippen LogP contribution in [0.3, 0.4) is 0 Å². The Bertz CT molecular complexity index is 975. The molecule has 0 saturated carbocycles. The first-order valence-electron chi connectivity index (χ1n) is 9.34. The van der Waals surface area contributed by atoms with Gasteiger partial charge < -0.3 is 14.0 Å². The zero-order chi connectivity index (χ0) is 19.0. The van der Waals surface area contributed by atoms with Crippen molar-refractivity contribution in [2.75, 3.05) is 19.0 Å². The third kappa shape index (κ3) is 3.16. The number of fused-ring (bicyclic) bond motifs is 1. The van der Waals surface area contributed by atoms with Gasteiger partial charge >= 0.3 is 0 Å². The second-order valence-electron chi connectivity index (χ2n) is 7.49. The summed E-state index contributed by atoms with van der Waals surface area (Å²) in [6.45, 7) is 9.11. The van der Waals surface area contributed by atoms with E-state index in [9.17, 15) is 4.79 Å². The van der Waals surface area contributed by atoms with Crippen LogP contribution in [0.4, 0.5) is 5.69 Å². The lowest BCUT2D eigenvalue weighted by Crippen LogP contribution is -2.23. The number of hydrogen-bond donors (Lipinski definition) is 0. The van der Waals surface area contributed by atoms with Gasteiger partial charge in [-0.1, -0.05) is 19.1 Å². The Hall–Kier alpha value is -2.49. The molecule has 3 aromatic rings. The van der Waals surface area contributed by atoms with Crippen molar-refractivity contribution in [3.8, 4) is 0 Å². The van der Waals surface area contributed by atoms with Crippen molar-refractivity contribution in [2.45, 2.75) is 46.7 Å². The highest BCUT2D eigenvalue weighted by molar-refractivity contribution is 5.81. The molecule has 0 atom stereocenters. The number of aryl methyl sites for hydroxylation is 2. The molecule has 0 fully saturated rings. The van der Waals surface area contributed by atoms with Crippen LogP contribution in [-0.4, -0.2) is 23.2 Å². The van der Waals surface area contributed by atoms with E-state index in [1.807, 2.05) is 25.6 Å². The second-order valence-corrected chi connectivity index (χ2v) is 7.49. The molecule has 4 heteroatoms. The van der Waals surface area contributed by atoms with Gasteiger partial charge in [0.05, 0.1) is 17.4 Å². The van der Waals surface area contributed by atoms with Crippen LogP contribution in [0.2, 0.25) is 0 Å². The van der Waals surface area contributed by atoms with E-state index in [4.69, 9.17) is 0 Å². The largest absolute Gasteiger partial charge is 0.378 e. The van der Waals surface area contributed by atoms with Crippen LogP contribution in [0.25, 0.3) is 10.9 Å². The van der Waals surface area contributed by atoms with Gasteiger partial charge in [-0.2, -0.15) is 0 Å². The molecule has 0 bridgehead atoms. The van der Waals surface area contributed by atoms with Crippen LogP contribution < -0.4 is 10.5 Å². The number of hydrogen-bond acceptors (Lipinski definition) is 2. The number of pyridine rings is 1. The van der Waals surface area contributed by atoms with Crippen molar-refractivity contribution in [3.63, 3.8) is 0 Å². The molecule has 0 aliphatic carbocycles. The third-order valence-electron chi connectivity index (χ3n) is 5.07. The molecule has 0 aliphatic rings. The molecular formula is C22H29N3O. The molecule has 0 spiro atoms. The van der Waals surface area contributed by atoms with E-state index in [0.717, 1.165) is 34.3 Å². The van der Waals surface area contributed by atoms with Crippen molar-refractivity contribution in [2.24, 2.45) is 0 Å². The maximum absolute atomic E-state index is 13.2. The smallest absolute Gasteiger partial charge is 0.260 e. The Balaban J connectivity index is 2.08. The fourth-order valence-electron chi connectivity index (χ4n) is 3.66. The normalized spacial score (nSPS) is 11.5. The third-order valence-corrected chi connectivity index (χ3v) is 5.07. The van der Waals surface area contributed by atoms with Gasteiger partial charge in [0.15, 0.2) is 0 Å². The molecule has 0 N–H and O–H groups in total. The van der Waals surface area contributed by atoms with Gasteiger partial charge in [0.1, 0.15) is 0 Å². The van der Waals surface area contributed by atoms with Crippen molar-refractivity contribution in [3.05, 3.63) is 63.7 Å². The number of benzene rings is 1. The first-order chi connectivity index (χ1) is 12.3. The maximum atomic E-state index is 13.2. The SMILES string of the molecule is CCc1cc2c(=O)n(Cc3ccc(N(C)C)cc3)c(C)cc2n1C(C)C. The monoisotopic (exact) mass is 351 g/mol. The van der Waals surface area contributed by atoms with Gasteiger partial charge in [-0.3, -0.25) is 4.79 Å². The van der Waals surface area contributed by atoms with Crippen LogP contribution in [0, 0.1) is 6.92 Å². The summed E-state index contributed by atoms with van der Waals surface area (Å²) in [4.78, 5) is 15.3. The van der Waals surface area contributed by atoms with Crippen LogP contribution in [0.5, 0.6) is 0 Å². The van der Waals surface area contributed by atoms with E-state index in [-0.39, 0.29) is 5.56 Å². The van der Waals surface area contributed by atoms with Crippen molar-refractivity contribution < 1.29 is 0 Å². The fourth-order valence-corrected chi connectivity index (χ4v) is 3.66. The van der Waals surface area contributed by atoms with Crippen LogP contribution >= 0.6 is 0 Å². The van der Waals surface area contributed by atoms with E-state index in [1.165, 1.54) is 5.69 Å². The molecule has 1 aromatic carbocycles. The number of aromatic nitrogens is 2. The molecule has 0 saturated heterocycles. The van der Waals surface area contributed by atoms with Crippen LogP contribution in [0.1, 0.15) is 43.8 Å². The molecular weight excluding hydrogens is 322 g/mol. The van der Waals surface area contributed by atoms with Crippen molar-refractivity contribution in [1.29, 1.82) is 0 Å². The minimum Gasteiger partial charge on any atom is -0.378 e. The highest BCUT2D eigenvalue weighted by Gasteiger charge is 2.16. The quantitative estimate of drug-likeness (QED) is 0.683. The summed E-state index contributed by atoms with van der Waals surface area (Å²) in [5.74, 6) is 0. The molecule has 0 unspecified atom stereocenters. The molecule has 0 amide bonds. The van der Waals surface area contributed by atoms with E-state index >= 15 is 0 Å². The van der Waals surface area contributed by atoms with E-state index in [0.29, 0.717) is 12.6 Å². The minimum atomic E-state index is 0.103. The van der Waals surface area contributed by atoms with Crippen LogP contribution in [0.15, 0.2) is 41.2 Å². The predicted octanol–water partition coefficient (Wildman–Crippen LogP) is 4.37. The molecule has 4 nitrogen and oxygen atoms in total. The molecule has 138 valence electrons. The van der Waals surface area contributed by atoms with Crippen LogP contribution in [-0.2, 0) is 13.0 Å². The number of nitrogens with zero attached hydrogens (tertiary/aromatic N) is 3. The van der Waals surface area contributed by atoms with Gasteiger partial charge in [0, 0.05) is 37.2 Å². The molecule has 26 heavy (non-hydrogen) atoms. The maximum Gasteiger partial charge on any atom is 0.260 e. The van der Waals surface area contributed by atoms with Gasteiger partial charge in [-0.05, 0) is 57.0 Å². The van der Waals surface area contributed by atoms with Gasteiger partial charge in [0.2, 0.25) is 0 Å². The van der Waals surface area contributed by atoms with Crippen molar-refractivity contribution >= 4 is 16.6 Å².